The monoisotopic (exact) mass is 304 g/mol. The molecule has 0 aliphatic heterocycles. The number of sulfonamides is 1. The predicted octanol–water partition coefficient (Wildman–Crippen LogP) is 1.91. The summed E-state index contributed by atoms with van der Waals surface area (Å²) in [6.45, 7) is 1.60. The predicted molar refractivity (Wildman–Crippen MR) is 78.2 cm³/mol. The normalized spacial score (nSPS) is 11.7. The molecular weight excluding hydrogens is 292 g/mol. The van der Waals surface area contributed by atoms with Crippen LogP contribution in [-0.4, -0.2) is 18.6 Å². The van der Waals surface area contributed by atoms with Gasteiger partial charge in [0.15, 0.2) is 5.82 Å². The molecule has 0 aliphatic rings. The molecular formula is C13H12N4O3S. The van der Waals surface area contributed by atoms with Crippen LogP contribution in [0.4, 0.5) is 11.7 Å². The molecule has 8 heteroatoms. The molecule has 7 nitrogen and oxygen atoms in total. The highest BCUT2D eigenvalue weighted by atomic mass is 32.2. The van der Waals surface area contributed by atoms with Crippen LogP contribution in [0, 0.1) is 6.92 Å². The quantitative estimate of drug-likeness (QED) is 0.715. The Morgan fingerprint density at radius 2 is 1.86 bits per heavy atom. The largest absolute Gasteiger partial charge is 0.398 e. The van der Waals surface area contributed by atoms with Gasteiger partial charge in [0.1, 0.15) is 0 Å². The first-order valence-corrected chi connectivity index (χ1v) is 7.56. The van der Waals surface area contributed by atoms with Crippen LogP contribution >= 0.6 is 0 Å². The van der Waals surface area contributed by atoms with E-state index in [-0.39, 0.29) is 10.9 Å². The number of anilines is 2. The van der Waals surface area contributed by atoms with Crippen molar-refractivity contribution in [1.29, 1.82) is 0 Å². The van der Waals surface area contributed by atoms with E-state index in [2.05, 4.69) is 14.9 Å². The third-order valence-electron chi connectivity index (χ3n) is 2.96. The van der Waals surface area contributed by atoms with Gasteiger partial charge in [0.2, 0.25) is 0 Å². The average molecular weight is 304 g/mol. The van der Waals surface area contributed by atoms with Crippen molar-refractivity contribution in [3.05, 3.63) is 42.2 Å². The highest BCUT2D eigenvalue weighted by Crippen LogP contribution is 2.28. The molecule has 0 saturated heterocycles. The number of benzene rings is 2. The Bertz CT molecular complexity index is 918. The lowest BCUT2D eigenvalue weighted by molar-refractivity contribution is 0.429. The lowest BCUT2D eigenvalue weighted by atomic mass is 10.1. The second kappa shape index (κ2) is 4.74. The van der Waals surface area contributed by atoms with Gasteiger partial charge in [0, 0.05) is 16.5 Å². The van der Waals surface area contributed by atoms with Gasteiger partial charge in [0.05, 0.1) is 4.90 Å². The number of hydrogen-bond donors (Lipinski definition) is 2. The van der Waals surface area contributed by atoms with Gasteiger partial charge >= 0.3 is 6.01 Å². The molecule has 0 amide bonds. The number of nitrogens with zero attached hydrogens (tertiary/aromatic N) is 2. The minimum Gasteiger partial charge on any atom is -0.398 e. The zero-order valence-electron chi connectivity index (χ0n) is 11.1. The number of fused-ring (bicyclic) bond motifs is 1. The van der Waals surface area contributed by atoms with E-state index in [0.29, 0.717) is 22.3 Å². The molecule has 3 aromatic rings. The molecule has 0 bridgehead atoms. The number of nitrogens with one attached hydrogen (secondary N) is 1. The third-order valence-corrected chi connectivity index (χ3v) is 4.33. The molecule has 0 radical (unpaired) electrons. The molecule has 0 saturated carbocycles. The van der Waals surface area contributed by atoms with Crippen molar-refractivity contribution in [3.63, 3.8) is 0 Å². The van der Waals surface area contributed by atoms with Gasteiger partial charge in [-0.2, -0.15) is 4.98 Å². The highest BCUT2D eigenvalue weighted by molar-refractivity contribution is 7.93. The van der Waals surface area contributed by atoms with Gasteiger partial charge in [-0.1, -0.05) is 29.4 Å². The van der Waals surface area contributed by atoms with Crippen LogP contribution in [-0.2, 0) is 10.0 Å². The number of aryl methyl sites for hydroxylation is 1. The van der Waals surface area contributed by atoms with Crippen molar-refractivity contribution in [1.82, 2.24) is 10.1 Å². The Balaban J connectivity index is 2.13. The summed E-state index contributed by atoms with van der Waals surface area (Å²) in [5.74, 6) is 0.342. The number of nitrogens with two attached hydrogens (primary N) is 1. The van der Waals surface area contributed by atoms with Gasteiger partial charge in [-0.3, -0.25) is 0 Å². The first kappa shape index (κ1) is 13.4. The molecule has 3 rings (SSSR count). The smallest absolute Gasteiger partial charge is 0.335 e. The van der Waals surface area contributed by atoms with Crippen LogP contribution in [0.15, 0.2) is 45.8 Å². The Morgan fingerprint density at radius 3 is 2.52 bits per heavy atom. The fourth-order valence-electron chi connectivity index (χ4n) is 2.04. The van der Waals surface area contributed by atoms with E-state index >= 15 is 0 Å². The first-order chi connectivity index (χ1) is 9.97. The van der Waals surface area contributed by atoms with Gasteiger partial charge in [-0.25, -0.2) is 13.1 Å². The second-order valence-electron chi connectivity index (χ2n) is 4.45. The SMILES string of the molecule is Cc1noc(NS(=O)(=O)c2ccc(N)c3ccccc23)n1. The van der Waals surface area contributed by atoms with Crippen molar-refractivity contribution in [3.8, 4) is 0 Å². The Morgan fingerprint density at radius 1 is 1.14 bits per heavy atom. The zero-order valence-corrected chi connectivity index (χ0v) is 11.9. The zero-order chi connectivity index (χ0) is 15.0. The van der Waals surface area contributed by atoms with E-state index in [1.807, 2.05) is 0 Å². The molecule has 0 aliphatic carbocycles. The summed E-state index contributed by atoms with van der Waals surface area (Å²) in [4.78, 5) is 3.93. The molecule has 0 spiro atoms. The van der Waals surface area contributed by atoms with Gasteiger partial charge in [-0.05, 0) is 19.1 Å². The van der Waals surface area contributed by atoms with Crippen LogP contribution in [0.25, 0.3) is 10.8 Å². The maximum atomic E-state index is 12.5. The molecule has 0 fully saturated rings. The van der Waals surface area contributed by atoms with E-state index in [0.717, 1.165) is 0 Å². The number of rotatable bonds is 3. The maximum Gasteiger partial charge on any atom is 0.335 e. The minimum absolute atomic E-state index is 0.100. The Kier molecular flexibility index (Phi) is 3.02. The fourth-order valence-corrected chi connectivity index (χ4v) is 3.17. The molecule has 3 N–H and O–H groups in total. The van der Waals surface area contributed by atoms with E-state index < -0.39 is 10.0 Å². The van der Waals surface area contributed by atoms with Gasteiger partial charge < -0.3 is 10.3 Å². The molecule has 1 heterocycles. The summed E-state index contributed by atoms with van der Waals surface area (Å²) in [7, 11) is -3.85. The van der Waals surface area contributed by atoms with Crippen molar-refractivity contribution in [2.75, 3.05) is 10.5 Å². The number of hydrogen-bond acceptors (Lipinski definition) is 6. The van der Waals surface area contributed by atoms with E-state index in [1.54, 1.807) is 37.3 Å². The third kappa shape index (κ3) is 2.40. The second-order valence-corrected chi connectivity index (χ2v) is 6.10. The van der Waals surface area contributed by atoms with Crippen LogP contribution < -0.4 is 10.5 Å². The molecule has 0 atom stereocenters. The summed E-state index contributed by atoms with van der Waals surface area (Å²) in [6.07, 6.45) is 0. The van der Waals surface area contributed by atoms with Gasteiger partial charge in [0.25, 0.3) is 10.0 Å². The van der Waals surface area contributed by atoms with Crippen LogP contribution in [0.5, 0.6) is 0 Å². The lowest BCUT2D eigenvalue weighted by Crippen LogP contribution is -2.14. The average Bonchev–Trinajstić information content (AvgIpc) is 2.83. The summed E-state index contributed by atoms with van der Waals surface area (Å²) in [6, 6.07) is 9.83. The van der Waals surface area contributed by atoms with E-state index in [9.17, 15) is 8.42 Å². The number of nitrogen functional groups attached to an aromatic ring is 1. The van der Waals surface area contributed by atoms with Crippen LogP contribution in [0.1, 0.15) is 5.82 Å². The number of aromatic nitrogens is 2. The molecule has 2 aromatic carbocycles. The van der Waals surface area contributed by atoms with Crippen LogP contribution in [0.3, 0.4) is 0 Å². The maximum absolute atomic E-state index is 12.5. The summed E-state index contributed by atoms with van der Waals surface area (Å²) in [5.41, 5.74) is 6.38. The van der Waals surface area contributed by atoms with Crippen LogP contribution in [0.2, 0.25) is 0 Å². The Hall–Kier alpha value is -2.61. The van der Waals surface area contributed by atoms with Crippen molar-refractivity contribution < 1.29 is 12.9 Å². The minimum atomic E-state index is -3.85. The van der Waals surface area contributed by atoms with Gasteiger partial charge in [-0.15, -0.1) is 0 Å². The fraction of sp³-hybridized carbons (Fsp3) is 0.0769. The molecule has 21 heavy (non-hydrogen) atoms. The summed E-state index contributed by atoms with van der Waals surface area (Å²) >= 11 is 0. The molecule has 108 valence electrons. The Labute approximate surface area is 120 Å². The van der Waals surface area contributed by atoms with Crippen molar-refractivity contribution >= 4 is 32.5 Å². The highest BCUT2D eigenvalue weighted by Gasteiger charge is 2.20. The first-order valence-electron chi connectivity index (χ1n) is 6.08. The molecule has 0 unspecified atom stereocenters. The van der Waals surface area contributed by atoms with E-state index in [1.165, 1.54) is 6.07 Å². The molecule has 1 aromatic heterocycles. The van der Waals surface area contributed by atoms with E-state index in [4.69, 9.17) is 10.3 Å². The topological polar surface area (TPSA) is 111 Å². The van der Waals surface area contributed by atoms with Crippen molar-refractivity contribution in [2.24, 2.45) is 0 Å². The lowest BCUT2D eigenvalue weighted by Gasteiger charge is -2.09. The summed E-state index contributed by atoms with van der Waals surface area (Å²) < 4.78 is 32.0. The summed E-state index contributed by atoms with van der Waals surface area (Å²) in [5, 5.41) is 4.74. The van der Waals surface area contributed by atoms with Crippen molar-refractivity contribution in [2.45, 2.75) is 11.8 Å². The standard InChI is InChI=1S/C13H12N4O3S/c1-8-15-13(20-16-8)17-21(18,19)12-7-6-11(14)9-4-2-3-5-10(9)12/h2-7H,14H2,1H3,(H,15,16,17).